The van der Waals surface area contributed by atoms with Crippen LogP contribution in [0.4, 0.5) is 0 Å². The van der Waals surface area contributed by atoms with Crippen LogP contribution in [-0.2, 0) is 34.9 Å². The van der Waals surface area contributed by atoms with Crippen LogP contribution in [0.1, 0.15) is 38.3 Å². The van der Waals surface area contributed by atoms with Gasteiger partial charge in [-0.3, -0.25) is 4.79 Å². The summed E-state index contributed by atoms with van der Waals surface area (Å²) in [6, 6.07) is 19.6. The van der Waals surface area contributed by atoms with Crippen molar-refractivity contribution in [1.82, 2.24) is 14.6 Å². The maximum Gasteiger partial charge on any atom is 0.253 e. The Bertz CT molecular complexity index is 1620. The number of fused-ring (bicyclic) bond motifs is 1. The normalized spacial score (nSPS) is 11.5. The van der Waals surface area contributed by atoms with Crippen molar-refractivity contribution >= 4 is 50.0 Å². The van der Waals surface area contributed by atoms with Crippen molar-refractivity contribution in [3.05, 3.63) is 100 Å². The summed E-state index contributed by atoms with van der Waals surface area (Å²) >= 11 is 12.5. The van der Waals surface area contributed by atoms with Crippen LogP contribution in [0.25, 0.3) is 10.9 Å². The number of para-hydroxylation sites is 1. The summed E-state index contributed by atoms with van der Waals surface area (Å²) in [5, 5.41) is 0.935. The van der Waals surface area contributed by atoms with Crippen LogP contribution in [0.3, 0.4) is 0 Å². The van der Waals surface area contributed by atoms with Gasteiger partial charge in [-0.1, -0.05) is 36.4 Å². The van der Waals surface area contributed by atoms with Gasteiger partial charge in [0.2, 0.25) is 10.0 Å². The van der Waals surface area contributed by atoms with E-state index in [1.54, 1.807) is 44.4 Å². The van der Waals surface area contributed by atoms with E-state index in [-0.39, 0.29) is 35.7 Å². The number of amides is 1. The van der Waals surface area contributed by atoms with E-state index in [2.05, 4.69) is 9.71 Å². The second-order valence-electron chi connectivity index (χ2n) is 9.24. The third-order valence-electron chi connectivity index (χ3n) is 6.29. The third kappa shape index (κ3) is 6.53. The van der Waals surface area contributed by atoms with Crippen LogP contribution >= 0.6 is 23.2 Å². The zero-order chi connectivity index (χ0) is 28.2. The highest BCUT2D eigenvalue weighted by molar-refractivity contribution is 7.89. The molecule has 0 bridgehead atoms. The lowest BCUT2D eigenvalue weighted by molar-refractivity contribution is 0.0827. The molecule has 4 aromatic rings. The molecule has 0 fully saturated rings. The second-order valence-corrected chi connectivity index (χ2v) is 11.5. The van der Waals surface area contributed by atoms with Crippen molar-refractivity contribution in [2.75, 3.05) is 14.1 Å². The van der Waals surface area contributed by atoms with Gasteiger partial charge >= 0.3 is 0 Å². The number of nitrogens with one attached hydrogen (secondary N) is 1. The van der Waals surface area contributed by atoms with E-state index in [4.69, 9.17) is 27.9 Å². The molecular weight excluding hydrogens is 557 g/mol. The first-order chi connectivity index (χ1) is 18.6. The molecule has 1 N–H and O–H groups in total. The van der Waals surface area contributed by atoms with Gasteiger partial charge < -0.3 is 9.64 Å². The number of aryl methyl sites for hydroxylation is 1. The van der Waals surface area contributed by atoms with Crippen LogP contribution in [0.2, 0.25) is 0 Å². The molecule has 10 heteroatoms. The fraction of sp³-hybridized carbons (Fsp3) is 0.241. The zero-order valence-corrected chi connectivity index (χ0v) is 24.2. The molecule has 4 rings (SSSR count). The maximum absolute atomic E-state index is 13.4. The molecule has 204 valence electrons. The Morgan fingerprint density at radius 1 is 0.974 bits per heavy atom. The lowest BCUT2D eigenvalue weighted by atomic mass is 10.0. The van der Waals surface area contributed by atoms with Crippen molar-refractivity contribution in [1.29, 1.82) is 0 Å². The Morgan fingerprint density at radius 3 is 2.46 bits per heavy atom. The number of alkyl halides is 2. The summed E-state index contributed by atoms with van der Waals surface area (Å²) in [6.07, 6.45) is 0. The molecule has 0 aliphatic heterocycles. The van der Waals surface area contributed by atoms with E-state index in [9.17, 15) is 13.2 Å². The topological polar surface area (TPSA) is 88.6 Å². The predicted molar refractivity (Wildman–Crippen MR) is 155 cm³/mol. The van der Waals surface area contributed by atoms with Crippen LogP contribution in [0, 0.1) is 6.92 Å². The number of carbonyl (C=O) groups is 1. The maximum atomic E-state index is 13.4. The summed E-state index contributed by atoms with van der Waals surface area (Å²) in [4.78, 5) is 18.4. The highest BCUT2D eigenvalue weighted by Gasteiger charge is 2.23. The summed E-state index contributed by atoms with van der Waals surface area (Å²) in [5.41, 5.74) is 4.47. The molecule has 0 unspecified atom stereocenters. The minimum Gasteiger partial charge on any atom is -0.487 e. The average Bonchev–Trinajstić information content (AvgIpc) is 2.94. The molecule has 1 heterocycles. The van der Waals surface area contributed by atoms with Crippen molar-refractivity contribution in [2.24, 2.45) is 0 Å². The van der Waals surface area contributed by atoms with Gasteiger partial charge in [0.15, 0.2) is 0 Å². The van der Waals surface area contributed by atoms with Crippen LogP contribution in [0.15, 0.2) is 71.6 Å². The number of hydrogen-bond donors (Lipinski definition) is 1. The van der Waals surface area contributed by atoms with E-state index in [1.807, 2.05) is 37.3 Å². The Morgan fingerprint density at radius 2 is 1.74 bits per heavy atom. The molecule has 3 aromatic carbocycles. The molecule has 0 radical (unpaired) electrons. The summed E-state index contributed by atoms with van der Waals surface area (Å²) in [7, 11) is -0.639. The number of aromatic nitrogens is 1. The van der Waals surface area contributed by atoms with Gasteiger partial charge in [-0.15, -0.1) is 23.2 Å². The Hall–Kier alpha value is -3.17. The largest absolute Gasteiger partial charge is 0.487 e. The first-order valence-corrected chi connectivity index (χ1v) is 14.7. The van der Waals surface area contributed by atoms with Crippen LogP contribution in [0.5, 0.6) is 5.75 Å². The number of carbonyl (C=O) groups excluding carboxylic acids is 1. The second kappa shape index (κ2) is 12.3. The Labute approximate surface area is 238 Å². The van der Waals surface area contributed by atoms with E-state index in [0.717, 1.165) is 22.2 Å². The quantitative estimate of drug-likeness (QED) is 0.238. The van der Waals surface area contributed by atoms with Crippen molar-refractivity contribution in [2.45, 2.75) is 36.7 Å². The van der Waals surface area contributed by atoms with Gasteiger partial charge in [0, 0.05) is 49.0 Å². The van der Waals surface area contributed by atoms with Gasteiger partial charge in [0.1, 0.15) is 17.9 Å². The highest BCUT2D eigenvalue weighted by Crippen LogP contribution is 2.30. The molecule has 1 aromatic heterocycles. The van der Waals surface area contributed by atoms with Crippen molar-refractivity contribution in [3.63, 3.8) is 0 Å². The molecule has 0 aliphatic rings. The molecule has 39 heavy (non-hydrogen) atoms. The van der Waals surface area contributed by atoms with E-state index >= 15 is 0 Å². The SMILES string of the molecule is Cc1ccc2cccc(OCc3c(CCl)ccc(S(=O)(=O)NCc4cccc(C(=O)N(C)C)c4)c3CCl)c2n1. The number of hydrogen-bond acceptors (Lipinski definition) is 5. The lowest BCUT2D eigenvalue weighted by Gasteiger charge is -2.18. The molecule has 0 saturated carbocycles. The number of halogens is 2. The molecule has 0 saturated heterocycles. The third-order valence-corrected chi connectivity index (χ3v) is 8.33. The minimum atomic E-state index is -3.96. The first kappa shape index (κ1) is 28.8. The van der Waals surface area contributed by atoms with Gasteiger partial charge in [0.25, 0.3) is 5.91 Å². The van der Waals surface area contributed by atoms with E-state index < -0.39 is 10.0 Å². The minimum absolute atomic E-state index is 0.00270. The van der Waals surface area contributed by atoms with Gasteiger partial charge in [-0.2, -0.15) is 0 Å². The Balaban J connectivity index is 1.62. The fourth-order valence-corrected chi connectivity index (χ4v) is 6.15. The Kier molecular flexibility index (Phi) is 9.12. The van der Waals surface area contributed by atoms with Crippen LogP contribution in [-0.4, -0.2) is 38.3 Å². The first-order valence-electron chi connectivity index (χ1n) is 12.2. The smallest absolute Gasteiger partial charge is 0.253 e. The number of benzene rings is 3. The summed E-state index contributed by atoms with van der Waals surface area (Å²) in [6.45, 7) is 1.98. The number of ether oxygens (including phenoxy) is 1. The number of sulfonamides is 1. The van der Waals surface area contributed by atoms with Gasteiger partial charge in [-0.05, 0) is 59.5 Å². The number of nitrogens with zero attached hydrogens (tertiary/aromatic N) is 2. The predicted octanol–water partition coefficient (Wildman–Crippen LogP) is 5.78. The molecule has 7 nitrogen and oxygen atoms in total. The molecular formula is C29H29Cl2N3O4S. The highest BCUT2D eigenvalue weighted by atomic mass is 35.5. The van der Waals surface area contributed by atoms with Gasteiger partial charge in [-0.25, -0.2) is 18.1 Å². The average molecular weight is 587 g/mol. The lowest BCUT2D eigenvalue weighted by Crippen LogP contribution is -2.26. The molecule has 0 spiro atoms. The number of pyridine rings is 1. The van der Waals surface area contributed by atoms with Crippen molar-refractivity contribution in [3.8, 4) is 5.75 Å². The van der Waals surface area contributed by atoms with E-state index in [0.29, 0.717) is 28.0 Å². The zero-order valence-electron chi connectivity index (χ0n) is 21.9. The van der Waals surface area contributed by atoms with Crippen molar-refractivity contribution < 1.29 is 17.9 Å². The van der Waals surface area contributed by atoms with Gasteiger partial charge in [0.05, 0.1) is 4.90 Å². The summed E-state index contributed by atoms with van der Waals surface area (Å²) < 4.78 is 35.6. The standard InChI is InChI=1S/C29H29Cl2N3O4S/c1-19-10-11-21-7-5-9-26(28(21)33-19)38-18-25-23(15-30)12-13-27(24(25)16-31)39(36,37)32-17-20-6-4-8-22(14-20)29(35)34(2)3/h4-14,32H,15-18H2,1-3H3. The monoisotopic (exact) mass is 585 g/mol. The number of rotatable bonds is 10. The van der Waals surface area contributed by atoms with E-state index in [1.165, 1.54) is 11.0 Å². The fourth-order valence-electron chi connectivity index (χ4n) is 4.24. The molecule has 0 atom stereocenters. The molecule has 0 aliphatic carbocycles. The van der Waals surface area contributed by atoms with Crippen LogP contribution < -0.4 is 9.46 Å². The summed E-state index contributed by atoms with van der Waals surface area (Å²) in [5.74, 6) is 0.521. The molecule has 1 amide bonds.